The van der Waals surface area contributed by atoms with Crippen molar-refractivity contribution in [3.05, 3.63) is 0 Å². The number of ether oxygens (including phenoxy) is 4. The number of hydrogen-bond donors (Lipinski definition) is 3. The molecular weight excluding hydrogens is 1200 g/mol. The quantitative estimate of drug-likeness (QED) is 0.0222. The predicted molar refractivity (Wildman–Crippen MR) is 368 cm³/mol. The number of carbonyl (C=O) groups excluding carboxylic acids is 4. The van der Waals surface area contributed by atoms with E-state index < -0.39 is 97.5 Å². The van der Waals surface area contributed by atoms with Crippen LogP contribution in [0.25, 0.3) is 0 Å². The van der Waals surface area contributed by atoms with Crippen molar-refractivity contribution in [2.45, 2.75) is 393 Å². The molecule has 3 unspecified atom stereocenters. The van der Waals surface area contributed by atoms with Gasteiger partial charge in [-0.3, -0.25) is 37.3 Å². The van der Waals surface area contributed by atoms with Crippen LogP contribution >= 0.6 is 15.6 Å². The number of phosphoric ester groups is 2. The van der Waals surface area contributed by atoms with E-state index in [0.29, 0.717) is 25.7 Å². The van der Waals surface area contributed by atoms with Crippen LogP contribution in [-0.2, 0) is 65.4 Å². The Labute approximate surface area is 556 Å². The summed E-state index contributed by atoms with van der Waals surface area (Å²) in [7, 11) is -9.90. The van der Waals surface area contributed by atoms with Crippen molar-refractivity contribution in [1.29, 1.82) is 0 Å². The van der Waals surface area contributed by atoms with Gasteiger partial charge in [-0.15, -0.1) is 0 Å². The second-order valence-corrected chi connectivity index (χ2v) is 29.1. The van der Waals surface area contributed by atoms with Gasteiger partial charge >= 0.3 is 39.5 Å². The molecule has 0 aromatic carbocycles. The zero-order valence-corrected chi connectivity index (χ0v) is 60.8. The largest absolute Gasteiger partial charge is 0.472 e. The zero-order chi connectivity index (χ0) is 67.0. The van der Waals surface area contributed by atoms with Gasteiger partial charge in [0.25, 0.3) is 0 Å². The first kappa shape index (κ1) is 89.1. The highest BCUT2D eigenvalue weighted by Crippen LogP contribution is 2.45. The van der Waals surface area contributed by atoms with E-state index in [9.17, 15) is 43.2 Å². The molecule has 0 radical (unpaired) electrons. The number of rotatable bonds is 72. The summed E-state index contributed by atoms with van der Waals surface area (Å²) in [6, 6.07) is 0. The van der Waals surface area contributed by atoms with E-state index in [1.807, 2.05) is 0 Å². The van der Waals surface area contributed by atoms with Gasteiger partial charge in [-0.2, -0.15) is 0 Å². The number of hydrogen-bond acceptors (Lipinski definition) is 15. The number of esters is 4. The average Bonchev–Trinajstić information content (AvgIpc) is 3.55. The van der Waals surface area contributed by atoms with Crippen molar-refractivity contribution in [3.8, 4) is 0 Å². The molecule has 0 aromatic heterocycles. The topological polar surface area (TPSA) is 237 Å². The molecular formula is C72H140O17P2. The number of aliphatic hydroxyl groups is 1. The molecule has 19 heteroatoms. The van der Waals surface area contributed by atoms with Crippen LogP contribution < -0.4 is 0 Å². The summed E-state index contributed by atoms with van der Waals surface area (Å²) >= 11 is 0. The van der Waals surface area contributed by atoms with E-state index >= 15 is 0 Å². The molecule has 0 spiro atoms. The Morgan fingerprint density at radius 2 is 0.527 bits per heavy atom. The van der Waals surface area contributed by atoms with Crippen LogP contribution in [0, 0.1) is 5.92 Å². The number of carbonyl (C=O) groups is 4. The lowest BCUT2D eigenvalue weighted by molar-refractivity contribution is -0.161. The second kappa shape index (κ2) is 65.4. The highest BCUT2D eigenvalue weighted by molar-refractivity contribution is 7.47. The first-order chi connectivity index (χ1) is 44.1. The molecule has 0 saturated heterocycles. The van der Waals surface area contributed by atoms with Crippen LogP contribution in [0.1, 0.15) is 375 Å². The van der Waals surface area contributed by atoms with E-state index in [4.69, 9.17) is 37.0 Å². The zero-order valence-electron chi connectivity index (χ0n) is 59.0. The summed E-state index contributed by atoms with van der Waals surface area (Å²) in [6.07, 6.45) is 53.0. The van der Waals surface area contributed by atoms with E-state index in [1.54, 1.807) is 0 Å². The molecule has 0 fully saturated rings. The minimum atomic E-state index is -4.95. The summed E-state index contributed by atoms with van der Waals surface area (Å²) in [5.74, 6) is -1.41. The third-order valence-corrected chi connectivity index (χ3v) is 19.0. The molecule has 17 nitrogen and oxygen atoms in total. The van der Waals surface area contributed by atoms with Crippen molar-refractivity contribution in [1.82, 2.24) is 0 Å². The normalized spacial score (nSPS) is 14.3. The molecule has 6 atom stereocenters. The van der Waals surface area contributed by atoms with Crippen LogP contribution in [0.2, 0.25) is 0 Å². The van der Waals surface area contributed by atoms with Gasteiger partial charge in [0, 0.05) is 25.7 Å². The Bertz CT molecular complexity index is 1760. The summed E-state index contributed by atoms with van der Waals surface area (Å²) in [4.78, 5) is 72.4. The van der Waals surface area contributed by atoms with E-state index in [-0.39, 0.29) is 25.7 Å². The molecule has 0 aliphatic rings. The van der Waals surface area contributed by atoms with Gasteiger partial charge in [-0.25, -0.2) is 9.13 Å². The maximum absolute atomic E-state index is 13.0. The molecule has 0 aromatic rings. The molecule has 0 rings (SSSR count). The van der Waals surface area contributed by atoms with E-state index in [0.717, 1.165) is 102 Å². The first-order valence-electron chi connectivity index (χ1n) is 37.7. The van der Waals surface area contributed by atoms with Gasteiger partial charge in [-0.1, -0.05) is 324 Å². The van der Waals surface area contributed by atoms with Crippen molar-refractivity contribution >= 4 is 39.5 Å². The Hall–Kier alpha value is -1.94. The SMILES string of the molecule is CCCCCCCCCCCCCCCCCCCCCCCCC(=O)O[C@H](COC(=O)CCCCCCCCCCCCC)COP(=O)(O)OC[C@@H](O)COP(=O)(O)OC[C@@H](COC(=O)CCCCCCCCCC)OC(=O)CCCCCCCCC(C)CC. The van der Waals surface area contributed by atoms with Crippen LogP contribution in [0.3, 0.4) is 0 Å². The molecule has 3 N–H and O–H groups in total. The summed E-state index contributed by atoms with van der Waals surface area (Å²) < 4.78 is 68.2. The summed E-state index contributed by atoms with van der Waals surface area (Å²) in [5, 5.41) is 10.6. The highest BCUT2D eigenvalue weighted by Gasteiger charge is 2.30. The van der Waals surface area contributed by atoms with Gasteiger partial charge in [0.1, 0.15) is 19.3 Å². The summed E-state index contributed by atoms with van der Waals surface area (Å²) in [5.41, 5.74) is 0. The lowest BCUT2D eigenvalue weighted by atomic mass is 10.00. The lowest BCUT2D eigenvalue weighted by Crippen LogP contribution is -2.30. The van der Waals surface area contributed by atoms with Crippen LogP contribution in [0.15, 0.2) is 0 Å². The molecule has 0 aliphatic carbocycles. The fraction of sp³-hybridized carbons (Fsp3) is 0.944. The second-order valence-electron chi connectivity index (χ2n) is 26.2. The van der Waals surface area contributed by atoms with Crippen molar-refractivity contribution in [2.24, 2.45) is 5.92 Å². The van der Waals surface area contributed by atoms with Crippen LogP contribution in [0.4, 0.5) is 0 Å². The predicted octanol–water partition coefficient (Wildman–Crippen LogP) is 20.9. The monoisotopic (exact) mass is 1340 g/mol. The molecule has 91 heavy (non-hydrogen) atoms. The molecule has 0 aliphatic heterocycles. The van der Waals surface area contributed by atoms with E-state index in [2.05, 4.69) is 34.6 Å². The maximum atomic E-state index is 13.0. The van der Waals surface area contributed by atoms with Gasteiger partial charge < -0.3 is 33.8 Å². The fourth-order valence-corrected chi connectivity index (χ4v) is 12.5. The maximum Gasteiger partial charge on any atom is 0.472 e. The summed E-state index contributed by atoms with van der Waals surface area (Å²) in [6.45, 7) is 7.17. The average molecular weight is 1340 g/mol. The van der Waals surface area contributed by atoms with Gasteiger partial charge in [-0.05, 0) is 31.6 Å². The Morgan fingerprint density at radius 3 is 0.780 bits per heavy atom. The molecule has 0 heterocycles. The number of phosphoric acid groups is 2. The van der Waals surface area contributed by atoms with Crippen molar-refractivity contribution in [3.63, 3.8) is 0 Å². The third kappa shape index (κ3) is 65.1. The van der Waals surface area contributed by atoms with Gasteiger partial charge in [0.15, 0.2) is 12.2 Å². The third-order valence-electron chi connectivity index (χ3n) is 17.1. The minimum absolute atomic E-state index is 0.103. The number of aliphatic hydroxyl groups excluding tert-OH is 1. The van der Waals surface area contributed by atoms with Crippen molar-refractivity contribution in [2.75, 3.05) is 39.6 Å². The van der Waals surface area contributed by atoms with Gasteiger partial charge in [0.05, 0.1) is 26.4 Å². The Balaban J connectivity index is 5.12. The van der Waals surface area contributed by atoms with E-state index in [1.165, 1.54) is 193 Å². The van der Waals surface area contributed by atoms with Gasteiger partial charge in [0.2, 0.25) is 0 Å². The Kier molecular flexibility index (Phi) is 64.0. The molecule has 0 saturated carbocycles. The highest BCUT2D eigenvalue weighted by atomic mass is 31.2. The first-order valence-corrected chi connectivity index (χ1v) is 40.7. The molecule has 0 amide bonds. The lowest BCUT2D eigenvalue weighted by Gasteiger charge is -2.21. The number of unbranched alkanes of at least 4 members (excludes halogenated alkanes) is 43. The minimum Gasteiger partial charge on any atom is -0.462 e. The smallest absolute Gasteiger partial charge is 0.462 e. The van der Waals surface area contributed by atoms with Crippen molar-refractivity contribution < 1.29 is 80.2 Å². The van der Waals surface area contributed by atoms with Crippen LogP contribution in [0.5, 0.6) is 0 Å². The standard InChI is InChI=1S/C72H140O17P2/c1-6-10-13-16-19-22-24-25-26-27-28-29-30-31-32-33-34-36-38-41-47-52-57-71(76)88-67(61-83-70(75)56-51-46-40-37-35-23-20-17-14-11-7-2)63-86-90(78,79)84-59-66(73)60-85-91(80,81)87-64-68(62-82-69(74)55-50-45-39-21-18-15-12-8-3)89-72(77)58-53-48-43-42-44-49-54-65(5)9-4/h65-68,73H,6-64H2,1-5H3,(H,78,79)(H,80,81)/t65?,66-,67-,68-/m1/s1. The Morgan fingerprint density at radius 1 is 0.308 bits per heavy atom. The molecule has 0 bridgehead atoms. The van der Waals surface area contributed by atoms with Crippen LogP contribution in [-0.4, -0.2) is 96.7 Å². The molecule has 540 valence electrons. The fourth-order valence-electron chi connectivity index (χ4n) is 11.0.